The summed E-state index contributed by atoms with van der Waals surface area (Å²) in [5.41, 5.74) is -16.2. The second-order valence-electron chi connectivity index (χ2n) is 9.73. The van der Waals surface area contributed by atoms with Gasteiger partial charge in [0.25, 0.3) is 0 Å². The third-order valence-electron chi connectivity index (χ3n) is 6.47. The van der Waals surface area contributed by atoms with E-state index < -0.39 is 129 Å². The fraction of sp³-hybridized carbons (Fsp3) is 0.545. The van der Waals surface area contributed by atoms with E-state index in [1.54, 1.807) is 0 Å². The molecule has 288 valence electrons. The van der Waals surface area contributed by atoms with E-state index in [0.717, 1.165) is 0 Å². The van der Waals surface area contributed by atoms with E-state index in [1.807, 2.05) is 0 Å². The minimum Gasteiger partial charge on any atom is -0.194 e. The molecule has 28 heteroatoms. The Hall–Kier alpha value is -3.26. The number of hydrogen-bond acceptors (Lipinski definition) is 0. The van der Waals surface area contributed by atoms with Gasteiger partial charge in [-0.15, -0.1) is 0 Å². The Morgan fingerprint density at radius 1 is 0.240 bits per heavy atom. The molecule has 0 nitrogen and oxygen atoms in total. The Morgan fingerprint density at radius 2 is 0.420 bits per heavy atom. The van der Waals surface area contributed by atoms with Crippen molar-refractivity contribution >= 4 is 10.8 Å². The second kappa shape index (κ2) is 11.1. The third-order valence-corrected chi connectivity index (χ3v) is 6.47. The molecule has 0 aliphatic heterocycles. The van der Waals surface area contributed by atoms with Gasteiger partial charge in [-0.25, -0.2) is 0 Å². The van der Waals surface area contributed by atoms with E-state index in [2.05, 4.69) is 0 Å². The maximum Gasteiger partial charge on any atom is 0.460 e. The van der Waals surface area contributed by atoms with Gasteiger partial charge in [-0.05, 0) is 35.0 Å². The van der Waals surface area contributed by atoms with Crippen molar-refractivity contribution in [2.75, 3.05) is 0 Å². The van der Waals surface area contributed by atoms with Crippen molar-refractivity contribution in [3.63, 3.8) is 0 Å². The van der Waals surface area contributed by atoms with Gasteiger partial charge in [0.2, 0.25) is 0 Å². The summed E-state index contributed by atoms with van der Waals surface area (Å²) in [7, 11) is 0. The summed E-state index contributed by atoms with van der Waals surface area (Å²) >= 11 is 0. The predicted molar refractivity (Wildman–Crippen MR) is 104 cm³/mol. The SMILES string of the molecule is FC(F)(F)C(F)(F)C(F)(F)c1cc(C(F)(F)C(F)(F)C(F)(F)F)c2cc(C(F)(F)C(F)(F)C(F)(F)F)cc(C(F)(F)C(F)(F)C(F)(F)F)c2c1. The minimum absolute atomic E-state index is 1.78. The first-order valence-corrected chi connectivity index (χ1v) is 11.4. The van der Waals surface area contributed by atoms with Gasteiger partial charge < -0.3 is 0 Å². The standard InChI is InChI=1S/C22H4F28/c23-11(24,15(31,32)19(39,40)41)5-1-7-8(10(3-5)14(29,30)18(37,38)22(48,49)50)2-6(12(25,26)16(33,34)20(42,43)44)4-9(7)13(27,28)17(35,36)21(45,46)47/h1-4H. The van der Waals surface area contributed by atoms with Crippen LogP contribution in [-0.2, 0) is 23.7 Å². The van der Waals surface area contributed by atoms with Crippen LogP contribution >= 0.6 is 0 Å². The van der Waals surface area contributed by atoms with Gasteiger partial charge in [0, 0.05) is 22.3 Å². The number of rotatable bonds is 8. The normalized spacial score (nSPS) is 16.0. The lowest BCUT2D eigenvalue weighted by molar-refractivity contribution is -0.361. The summed E-state index contributed by atoms with van der Waals surface area (Å²) in [4.78, 5) is 0. The van der Waals surface area contributed by atoms with E-state index in [9.17, 15) is 123 Å². The average molecular weight is 800 g/mol. The van der Waals surface area contributed by atoms with E-state index >= 15 is 0 Å². The fourth-order valence-corrected chi connectivity index (χ4v) is 3.76. The lowest BCUT2D eigenvalue weighted by atomic mass is 9.84. The molecule has 0 amide bonds. The molecule has 0 bridgehead atoms. The fourth-order valence-electron chi connectivity index (χ4n) is 3.76. The average Bonchev–Trinajstić information content (AvgIpc) is 2.88. The van der Waals surface area contributed by atoms with Crippen LogP contribution in [0.15, 0.2) is 24.3 Å². The van der Waals surface area contributed by atoms with Crippen LogP contribution in [0.3, 0.4) is 0 Å². The van der Waals surface area contributed by atoms with E-state index in [0.29, 0.717) is 0 Å². The van der Waals surface area contributed by atoms with Crippen molar-refractivity contribution in [3.8, 4) is 0 Å². The van der Waals surface area contributed by atoms with Gasteiger partial charge in [0.05, 0.1) is 0 Å². The van der Waals surface area contributed by atoms with E-state index in [4.69, 9.17) is 0 Å². The molecule has 0 aliphatic carbocycles. The molecule has 2 aromatic carbocycles. The highest BCUT2D eigenvalue weighted by Gasteiger charge is 2.78. The molecule has 0 heterocycles. The molecule has 0 fully saturated rings. The summed E-state index contributed by atoms with van der Waals surface area (Å²) in [5, 5.41) is -7.01. The lowest BCUT2D eigenvalue weighted by Gasteiger charge is -2.34. The monoisotopic (exact) mass is 800 g/mol. The maximum absolute atomic E-state index is 14.8. The van der Waals surface area contributed by atoms with Crippen LogP contribution in [0.4, 0.5) is 123 Å². The molecule has 0 spiro atoms. The van der Waals surface area contributed by atoms with Crippen molar-refractivity contribution in [1.82, 2.24) is 0 Å². The maximum atomic E-state index is 14.8. The molecule has 2 aromatic rings. The smallest absolute Gasteiger partial charge is 0.194 e. The zero-order valence-electron chi connectivity index (χ0n) is 21.9. The Labute approximate surface area is 253 Å². The predicted octanol–water partition coefficient (Wildman–Crippen LogP) is 12.0. The molecule has 0 saturated carbocycles. The molecule has 0 aromatic heterocycles. The van der Waals surface area contributed by atoms with Gasteiger partial charge in [-0.3, -0.25) is 0 Å². The zero-order chi connectivity index (χ0) is 40.3. The van der Waals surface area contributed by atoms with Crippen LogP contribution in [0.1, 0.15) is 22.3 Å². The number of alkyl halides is 28. The summed E-state index contributed by atoms with van der Waals surface area (Å²) in [6.07, 6.45) is -31.0. The topological polar surface area (TPSA) is 0 Å². The highest BCUT2D eigenvalue weighted by Crippen LogP contribution is 2.60. The van der Waals surface area contributed by atoms with Crippen molar-refractivity contribution in [1.29, 1.82) is 0 Å². The van der Waals surface area contributed by atoms with Gasteiger partial charge in [0.1, 0.15) is 0 Å². The zero-order valence-corrected chi connectivity index (χ0v) is 21.9. The molecule has 0 atom stereocenters. The first-order valence-electron chi connectivity index (χ1n) is 11.4. The molecule has 2 rings (SSSR count). The molecule has 0 radical (unpaired) electrons. The Kier molecular flexibility index (Phi) is 9.54. The number of halogens is 28. The Balaban J connectivity index is 3.58. The van der Waals surface area contributed by atoms with Crippen LogP contribution < -0.4 is 0 Å². The molecule has 0 unspecified atom stereocenters. The van der Waals surface area contributed by atoms with Crippen molar-refractivity contribution < 1.29 is 123 Å². The van der Waals surface area contributed by atoms with Crippen LogP contribution in [-0.4, -0.2) is 48.4 Å². The van der Waals surface area contributed by atoms with Crippen LogP contribution in [0.25, 0.3) is 10.8 Å². The minimum atomic E-state index is -8.01. The molecular formula is C22H4F28. The summed E-state index contributed by atoms with van der Waals surface area (Å²) < 4.78 is 381. The lowest BCUT2D eigenvalue weighted by Crippen LogP contribution is -2.52. The quantitative estimate of drug-likeness (QED) is 0.233. The molecule has 0 saturated heterocycles. The third kappa shape index (κ3) is 5.87. The van der Waals surface area contributed by atoms with Crippen molar-refractivity contribution in [3.05, 3.63) is 46.5 Å². The first-order chi connectivity index (χ1) is 21.4. The number of hydrogen-bond donors (Lipinski definition) is 0. The van der Waals surface area contributed by atoms with Crippen LogP contribution in [0.2, 0.25) is 0 Å². The molecule has 50 heavy (non-hydrogen) atoms. The van der Waals surface area contributed by atoms with Crippen molar-refractivity contribution in [2.45, 2.75) is 72.1 Å². The Morgan fingerprint density at radius 3 is 0.600 bits per heavy atom. The van der Waals surface area contributed by atoms with Gasteiger partial charge in [-0.1, -0.05) is 0 Å². The molecule has 0 N–H and O–H groups in total. The van der Waals surface area contributed by atoms with Crippen molar-refractivity contribution in [2.24, 2.45) is 0 Å². The number of benzene rings is 2. The highest BCUT2D eigenvalue weighted by atomic mass is 19.5. The Bertz CT molecular complexity index is 1470. The summed E-state index contributed by atoms with van der Waals surface area (Å²) in [6.45, 7) is 0. The largest absolute Gasteiger partial charge is 0.460 e. The van der Waals surface area contributed by atoms with Gasteiger partial charge in [0.15, 0.2) is 0 Å². The number of fused-ring (bicyclic) bond motifs is 1. The first kappa shape index (κ1) is 42.9. The second-order valence-corrected chi connectivity index (χ2v) is 9.73. The van der Waals surface area contributed by atoms with Gasteiger partial charge >= 0.3 is 72.1 Å². The summed E-state index contributed by atoms with van der Waals surface area (Å²) in [6, 6.07) is -7.76. The van der Waals surface area contributed by atoms with Gasteiger partial charge in [-0.2, -0.15) is 123 Å². The summed E-state index contributed by atoms with van der Waals surface area (Å²) in [5.74, 6) is -62.1. The van der Waals surface area contributed by atoms with E-state index in [1.165, 1.54) is 0 Å². The van der Waals surface area contributed by atoms with Crippen LogP contribution in [0, 0.1) is 0 Å². The molecule has 0 aliphatic rings. The van der Waals surface area contributed by atoms with E-state index in [-0.39, 0.29) is 0 Å². The molecular weight excluding hydrogens is 796 g/mol. The van der Waals surface area contributed by atoms with Crippen LogP contribution in [0.5, 0.6) is 0 Å². The highest BCUT2D eigenvalue weighted by molar-refractivity contribution is 5.92.